The molecule has 0 aliphatic heterocycles. The average molecular weight is 263 g/mol. The second-order valence-electron chi connectivity index (χ2n) is 5.40. The predicted octanol–water partition coefficient (Wildman–Crippen LogP) is 3.24. The molecule has 0 saturated carbocycles. The minimum absolute atomic E-state index is 0.0621. The molecule has 0 amide bonds. The van der Waals surface area contributed by atoms with Gasteiger partial charge in [0.1, 0.15) is 0 Å². The minimum Gasteiger partial charge on any atom is -0.310 e. The van der Waals surface area contributed by atoms with Crippen LogP contribution in [0.2, 0.25) is 0 Å². The van der Waals surface area contributed by atoms with Crippen LogP contribution in [0, 0.1) is 0 Å². The van der Waals surface area contributed by atoms with Crippen molar-refractivity contribution in [3.63, 3.8) is 0 Å². The molecule has 1 atom stereocenters. The van der Waals surface area contributed by atoms with Gasteiger partial charge in [0, 0.05) is 18.3 Å². The molecule has 1 unspecified atom stereocenters. The standard InChI is InChI=1S/C12H20F3N3/c1-5-10(7-16-11(2,3)4)18-8-9(6-17-18)12(13,14)15/h6,8,10,16H,5,7H2,1-4H3. The predicted molar refractivity (Wildman–Crippen MR) is 64.3 cm³/mol. The fraction of sp³-hybridized carbons (Fsp3) is 0.750. The number of hydrogen-bond donors (Lipinski definition) is 1. The van der Waals surface area contributed by atoms with E-state index in [1.807, 2.05) is 27.7 Å². The van der Waals surface area contributed by atoms with E-state index >= 15 is 0 Å². The van der Waals surface area contributed by atoms with Gasteiger partial charge in [-0.1, -0.05) is 6.92 Å². The molecule has 0 aliphatic rings. The third-order valence-electron chi connectivity index (χ3n) is 2.64. The average Bonchev–Trinajstić information content (AvgIpc) is 2.65. The molecule has 0 fully saturated rings. The largest absolute Gasteiger partial charge is 0.419 e. The Morgan fingerprint density at radius 3 is 2.33 bits per heavy atom. The lowest BCUT2D eigenvalue weighted by Gasteiger charge is -2.25. The van der Waals surface area contributed by atoms with Gasteiger partial charge in [-0.25, -0.2) is 0 Å². The molecule has 3 nitrogen and oxygen atoms in total. The second kappa shape index (κ2) is 5.30. The van der Waals surface area contributed by atoms with Crippen LogP contribution in [-0.2, 0) is 6.18 Å². The van der Waals surface area contributed by atoms with Crippen molar-refractivity contribution in [1.82, 2.24) is 15.1 Å². The van der Waals surface area contributed by atoms with Gasteiger partial charge >= 0.3 is 6.18 Å². The van der Waals surface area contributed by atoms with E-state index in [2.05, 4.69) is 10.4 Å². The molecule has 1 heterocycles. The Bertz CT molecular complexity index is 377. The summed E-state index contributed by atoms with van der Waals surface area (Å²) in [5.74, 6) is 0. The third kappa shape index (κ3) is 4.33. The molecular weight excluding hydrogens is 243 g/mol. The van der Waals surface area contributed by atoms with Crippen LogP contribution in [0.5, 0.6) is 0 Å². The van der Waals surface area contributed by atoms with Gasteiger partial charge in [0.05, 0.1) is 17.8 Å². The van der Waals surface area contributed by atoms with Gasteiger partial charge in [-0.05, 0) is 27.2 Å². The highest BCUT2D eigenvalue weighted by molar-refractivity contribution is 5.08. The van der Waals surface area contributed by atoms with E-state index in [4.69, 9.17) is 0 Å². The molecule has 0 radical (unpaired) electrons. The number of alkyl halides is 3. The van der Waals surface area contributed by atoms with Crippen molar-refractivity contribution in [1.29, 1.82) is 0 Å². The Balaban J connectivity index is 2.74. The highest BCUT2D eigenvalue weighted by atomic mass is 19.4. The normalized spacial score (nSPS) is 14.8. The summed E-state index contributed by atoms with van der Waals surface area (Å²) in [5.41, 5.74) is -0.760. The maximum Gasteiger partial charge on any atom is 0.419 e. The smallest absolute Gasteiger partial charge is 0.310 e. The molecule has 0 saturated heterocycles. The third-order valence-corrected chi connectivity index (χ3v) is 2.64. The summed E-state index contributed by atoms with van der Waals surface area (Å²) in [5, 5.41) is 7.09. The van der Waals surface area contributed by atoms with E-state index in [0.29, 0.717) is 6.54 Å². The Morgan fingerprint density at radius 2 is 1.94 bits per heavy atom. The number of nitrogens with zero attached hydrogens (tertiary/aromatic N) is 2. The number of nitrogens with one attached hydrogen (secondary N) is 1. The summed E-state index contributed by atoms with van der Waals surface area (Å²) in [7, 11) is 0. The lowest BCUT2D eigenvalue weighted by atomic mass is 10.1. The van der Waals surface area contributed by atoms with E-state index in [1.54, 1.807) is 0 Å². The molecule has 0 aromatic carbocycles. The first-order valence-corrected chi connectivity index (χ1v) is 6.00. The summed E-state index contributed by atoms with van der Waals surface area (Å²) in [6, 6.07) is -0.0691. The topological polar surface area (TPSA) is 29.9 Å². The first kappa shape index (κ1) is 15.0. The molecule has 0 aliphatic carbocycles. The lowest BCUT2D eigenvalue weighted by Crippen LogP contribution is -2.39. The van der Waals surface area contributed by atoms with Gasteiger partial charge in [0.15, 0.2) is 0 Å². The highest BCUT2D eigenvalue weighted by Crippen LogP contribution is 2.29. The Hall–Kier alpha value is -1.04. The number of aromatic nitrogens is 2. The summed E-state index contributed by atoms with van der Waals surface area (Å²) < 4.78 is 38.8. The SMILES string of the molecule is CCC(CNC(C)(C)C)n1cc(C(F)(F)F)cn1. The van der Waals surface area contributed by atoms with Crippen molar-refractivity contribution in [3.05, 3.63) is 18.0 Å². The van der Waals surface area contributed by atoms with Crippen LogP contribution >= 0.6 is 0 Å². The van der Waals surface area contributed by atoms with Crippen LogP contribution in [0.1, 0.15) is 45.7 Å². The molecule has 0 spiro atoms. The van der Waals surface area contributed by atoms with Crippen LogP contribution in [0.25, 0.3) is 0 Å². The van der Waals surface area contributed by atoms with Crippen LogP contribution in [0.4, 0.5) is 13.2 Å². The van der Waals surface area contributed by atoms with Gasteiger partial charge in [0.2, 0.25) is 0 Å². The van der Waals surface area contributed by atoms with Gasteiger partial charge in [-0.3, -0.25) is 4.68 Å². The summed E-state index contributed by atoms with van der Waals surface area (Å²) in [6.45, 7) is 8.58. The van der Waals surface area contributed by atoms with E-state index < -0.39 is 11.7 Å². The van der Waals surface area contributed by atoms with Crippen molar-refractivity contribution in [2.24, 2.45) is 0 Å². The maximum atomic E-state index is 12.5. The van der Waals surface area contributed by atoms with Gasteiger partial charge in [-0.2, -0.15) is 18.3 Å². The van der Waals surface area contributed by atoms with Crippen molar-refractivity contribution in [3.8, 4) is 0 Å². The molecule has 18 heavy (non-hydrogen) atoms. The quantitative estimate of drug-likeness (QED) is 0.903. The van der Waals surface area contributed by atoms with Crippen molar-refractivity contribution in [2.45, 2.75) is 51.9 Å². The summed E-state index contributed by atoms with van der Waals surface area (Å²) in [6.07, 6.45) is -1.66. The number of halogens is 3. The lowest BCUT2D eigenvalue weighted by molar-refractivity contribution is -0.137. The monoisotopic (exact) mass is 263 g/mol. The molecule has 0 bridgehead atoms. The van der Waals surface area contributed by atoms with Crippen molar-refractivity contribution >= 4 is 0 Å². The molecule has 1 aromatic heterocycles. The van der Waals surface area contributed by atoms with E-state index in [0.717, 1.165) is 18.8 Å². The van der Waals surface area contributed by atoms with Gasteiger partial charge < -0.3 is 5.32 Å². The van der Waals surface area contributed by atoms with Crippen LogP contribution in [0.15, 0.2) is 12.4 Å². The maximum absolute atomic E-state index is 12.5. The van der Waals surface area contributed by atoms with Gasteiger partial charge in [-0.15, -0.1) is 0 Å². The van der Waals surface area contributed by atoms with E-state index in [1.165, 1.54) is 4.68 Å². The zero-order valence-electron chi connectivity index (χ0n) is 11.2. The second-order valence-corrected chi connectivity index (χ2v) is 5.40. The fourth-order valence-electron chi connectivity index (χ4n) is 1.53. The van der Waals surface area contributed by atoms with Crippen LogP contribution < -0.4 is 5.32 Å². The fourth-order valence-corrected chi connectivity index (χ4v) is 1.53. The number of rotatable bonds is 4. The zero-order valence-corrected chi connectivity index (χ0v) is 11.2. The van der Waals surface area contributed by atoms with Gasteiger partial charge in [0.25, 0.3) is 0 Å². The Labute approximate surface area is 105 Å². The van der Waals surface area contributed by atoms with Crippen LogP contribution in [0.3, 0.4) is 0 Å². The zero-order chi connectivity index (χ0) is 14.0. The van der Waals surface area contributed by atoms with E-state index in [9.17, 15) is 13.2 Å². The summed E-state index contributed by atoms with van der Waals surface area (Å²) in [4.78, 5) is 0. The molecule has 6 heteroatoms. The molecular formula is C12H20F3N3. The van der Waals surface area contributed by atoms with Crippen molar-refractivity contribution < 1.29 is 13.2 Å². The molecule has 1 aromatic rings. The Kier molecular flexibility index (Phi) is 4.42. The van der Waals surface area contributed by atoms with Crippen LogP contribution in [-0.4, -0.2) is 21.9 Å². The first-order chi connectivity index (χ1) is 8.13. The molecule has 1 rings (SSSR count). The molecule has 1 N–H and O–H groups in total. The summed E-state index contributed by atoms with van der Waals surface area (Å²) >= 11 is 0. The molecule has 104 valence electrons. The number of hydrogen-bond acceptors (Lipinski definition) is 2. The first-order valence-electron chi connectivity index (χ1n) is 6.00. The van der Waals surface area contributed by atoms with E-state index in [-0.39, 0.29) is 11.6 Å². The van der Waals surface area contributed by atoms with Crippen molar-refractivity contribution in [2.75, 3.05) is 6.54 Å². The Morgan fingerprint density at radius 1 is 1.33 bits per heavy atom. The highest BCUT2D eigenvalue weighted by Gasteiger charge is 2.32. The minimum atomic E-state index is -4.33.